The van der Waals surface area contributed by atoms with Gasteiger partial charge in [0.1, 0.15) is 5.82 Å². The van der Waals surface area contributed by atoms with Gasteiger partial charge in [-0.25, -0.2) is 9.78 Å². The molecular weight excluding hydrogens is 246 g/mol. The molecule has 2 rings (SSSR count). The number of hydrogen-bond donors (Lipinski definition) is 1. The summed E-state index contributed by atoms with van der Waals surface area (Å²) in [6, 6.07) is -0.293. The van der Waals surface area contributed by atoms with Crippen molar-refractivity contribution in [1.29, 1.82) is 0 Å². The van der Waals surface area contributed by atoms with Gasteiger partial charge in [0.05, 0.1) is 6.04 Å². The van der Waals surface area contributed by atoms with Gasteiger partial charge in [-0.2, -0.15) is 0 Å². The standard InChI is InChI=1S/C12H19N5O2/c1-5-6-17-8-10(14-9(17)7(2)13)15(3)12(19)16(4)11(8)18/h7H,5-6,13H2,1-4H3. The zero-order chi connectivity index (χ0) is 14.3. The van der Waals surface area contributed by atoms with Gasteiger partial charge in [0, 0.05) is 20.6 Å². The smallest absolute Gasteiger partial charge is 0.322 e. The van der Waals surface area contributed by atoms with Crippen LogP contribution in [0.25, 0.3) is 11.2 Å². The maximum absolute atomic E-state index is 12.3. The Morgan fingerprint density at radius 1 is 1.26 bits per heavy atom. The average Bonchev–Trinajstić information content (AvgIpc) is 2.74. The molecule has 2 aromatic rings. The van der Waals surface area contributed by atoms with Crippen molar-refractivity contribution in [2.24, 2.45) is 19.8 Å². The molecular formula is C12H19N5O2. The molecule has 0 bridgehead atoms. The van der Waals surface area contributed by atoms with Gasteiger partial charge >= 0.3 is 5.69 Å². The summed E-state index contributed by atoms with van der Waals surface area (Å²) in [6.07, 6.45) is 0.858. The van der Waals surface area contributed by atoms with E-state index in [4.69, 9.17) is 5.73 Å². The molecule has 7 nitrogen and oxygen atoms in total. The quantitative estimate of drug-likeness (QED) is 0.837. The second kappa shape index (κ2) is 4.65. The summed E-state index contributed by atoms with van der Waals surface area (Å²) < 4.78 is 4.30. The lowest BCUT2D eigenvalue weighted by Crippen LogP contribution is -2.37. The van der Waals surface area contributed by atoms with E-state index in [1.807, 2.05) is 18.4 Å². The molecule has 2 heterocycles. The number of aromatic nitrogens is 4. The Labute approximate surface area is 110 Å². The monoisotopic (exact) mass is 265 g/mol. The van der Waals surface area contributed by atoms with Gasteiger partial charge in [-0.1, -0.05) is 6.92 Å². The lowest BCUT2D eigenvalue weighted by atomic mass is 10.3. The van der Waals surface area contributed by atoms with Crippen molar-refractivity contribution in [3.63, 3.8) is 0 Å². The number of hydrogen-bond acceptors (Lipinski definition) is 4. The van der Waals surface area contributed by atoms with Gasteiger partial charge < -0.3 is 10.3 Å². The van der Waals surface area contributed by atoms with Gasteiger partial charge in [0.2, 0.25) is 0 Å². The number of nitrogens with zero attached hydrogens (tertiary/aromatic N) is 4. The van der Waals surface area contributed by atoms with Crippen LogP contribution in [-0.4, -0.2) is 18.7 Å². The molecule has 19 heavy (non-hydrogen) atoms. The maximum Gasteiger partial charge on any atom is 0.332 e. The summed E-state index contributed by atoms with van der Waals surface area (Å²) in [4.78, 5) is 28.6. The molecule has 0 saturated heterocycles. The minimum Gasteiger partial charge on any atom is -0.322 e. The van der Waals surface area contributed by atoms with Crippen molar-refractivity contribution in [2.45, 2.75) is 32.9 Å². The Morgan fingerprint density at radius 3 is 2.42 bits per heavy atom. The van der Waals surface area contributed by atoms with Crippen molar-refractivity contribution < 1.29 is 0 Å². The summed E-state index contributed by atoms with van der Waals surface area (Å²) in [7, 11) is 3.08. The summed E-state index contributed by atoms with van der Waals surface area (Å²) in [5, 5.41) is 0. The Hall–Kier alpha value is -1.89. The molecule has 0 spiro atoms. The van der Waals surface area contributed by atoms with E-state index in [0.717, 1.165) is 11.0 Å². The second-order valence-corrected chi connectivity index (χ2v) is 4.79. The fraction of sp³-hybridized carbons (Fsp3) is 0.583. The van der Waals surface area contributed by atoms with E-state index in [1.54, 1.807) is 7.05 Å². The number of nitrogens with two attached hydrogens (primary N) is 1. The first-order valence-corrected chi connectivity index (χ1v) is 6.31. The highest BCUT2D eigenvalue weighted by Gasteiger charge is 2.20. The predicted octanol–water partition coefficient (Wildman–Crippen LogP) is -0.137. The largest absolute Gasteiger partial charge is 0.332 e. The highest BCUT2D eigenvalue weighted by molar-refractivity contribution is 5.71. The van der Waals surface area contributed by atoms with Crippen LogP contribution in [0, 0.1) is 0 Å². The lowest BCUT2D eigenvalue weighted by molar-refractivity contribution is 0.609. The van der Waals surface area contributed by atoms with Crippen molar-refractivity contribution >= 4 is 11.2 Å². The summed E-state index contributed by atoms with van der Waals surface area (Å²) in [5.41, 5.74) is 6.04. The number of fused-ring (bicyclic) bond motifs is 1. The van der Waals surface area contributed by atoms with Crippen molar-refractivity contribution in [1.82, 2.24) is 18.7 Å². The third-order valence-corrected chi connectivity index (χ3v) is 3.23. The molecule has 7 heteroatoms. The zero-order valence-electron chi connectivity index (χ0n) is 11.7. The van der Waals surface area contributed by atoms with E-state index in [9.17, 15) is 9.59 Å². The SMILES string of the molecule is CCCn1c(C(C)N)nc2c1c(=O)n(C)c(=O)n2C. The van der Waals surface area contributed by atoms with Gasteiger partial charge in [0.15, 0.2) is 11.2 Å². The third kappa shape index (κ3) is 1.90. The van der Waals surface area contributed by atoms with Gasteiger partial charge in [0.25, 0.3) is 5.56 Å². The van der Waals surface area contributed by atoms with Crippen molar-refractivity contribution in [3.8, 4) is 0 Å². The Morgan fingerprint density at radius 2 is 1.89 bits per heavy atom. The summed E-state index contributed by atoms with van der Waals surface area (Å²) in [6.45, 7) is 4.49. The van der Waals surface area contributed by atoms with Crippen LogP contribution in [0.3, 0.4) is 0 Å². The minimum atomic E-state index is -0.380. The first-order chi connectivity index (χ1) is 8.90. The molecule has 0 radical (unpaired) electrons. The molecule has 0 amide bonds. The van der Waals surface area contributed by atoms with Gasteiger partial charge in [-0.3, -0.25) is 13.9 Å². The number of imidazole rings is 1. The van der Waals surface area contributed by atoms with Crippen LogP contribution in [0.2, 0.25) is 0 Å². The van der Waals surface area contributed by atoms with E-state index in [2.05, 4.69) is 4.98 Å². The average molecular weight is 265 g/mol. The molecule has 0 saturated carbocycles. The minimum absolute atomic E-state index is 0.293. The van der Waals surface area contributed by atoms with E-state index in [0.29, 0.717) is 23.5 Å². The molecule has 0 aliphatic carbocycles. The second-order valence-electron chi connectivity index (χ2n) is 4.79. The molecule has 104 valence electrons. The van der Waals surface area contributed by atoms with Crippen molar-refractivity contribution in [3.05, 3.63) is 26.7 Å². The van der Waals surface area contributed by atoms with E-state index >= 15 is 0 Å². The molecule has 2 N–H and O–H groups in total. The van der Waals surface area contributed by atoms with Crippen LogP contribution in [0.4, 0.5) is 0 Å². The lowest BCUT2D eigenvalue weighted by Gasteiger charge is -2.09. The summed E-state index contributed by atoms with van der Waals surface area (Å²) >= 11 is 0. The number of aryl methyl sites for hydroxylation is 2. The molecule has 0 aliphatic rings. The van der Waals surface area contributed by atoms with Crippen LogP contribution in [0.15, 0.2) is 9.59 Å². The fourth-order valence-corrected chi connectivity index (χ4v) is 2.26. The molecule has 1 atom stereocenters. The van der Waals surface area contributed by atoms with E-state index in [1.165, 1.54) is 11.6 Å². The molecule has 2 aromatic heterocycles. The molecule has 1 unspecified atom stereocenters. The van der Waals surface area contributed by atoms with E-state index in [-0.39, 0.29) is 17.3 Å². The Kier molecular flexibility index (Phi) is 3.32. The molecule has 0 fully saturated rings. The summed E-state index contributed by atoms with van der Waals surface area (Å²) in [5.74, 6) is 0.634. The normalized spacial score (nSPS) is 13.1. The predicted molar refractivity (Wildman–Crippen MR) is 73.1 cm³/mol. The van der Waals surface area contributed by atoms with Gasteiger partial charge in [-0.15, -0.1) is 0 Å². The Bertz CT molecular complexity index is 735. The third-order valence-electron chi connectivity index (χ3n) is 3.23. The van der Waals surface area contributed by atoms with Crippen LogP contribution >= 0.6 is 0 Å². The first kappa shape index (κ1) is 13.5. The number of rotatable bonds is 3. The van der Waals surface area contributed by atoms with E-state index < -0.39 is 0 Å². The van der Waals surface area contributed by atoms with Crippen LogP contribution in [0.5, 0.6) is 0 Å². The zero-order valence-corrected chi connectivity index (χ0v) is 11.7. The van der Waals surface area contributed by atoms with Crippen LogP contribution < -0.4 is 17.0 Å². The topological polar surface area (TPSA) is 87.8 Å². The highest BCUT2D eigenvalue weighted by atomic mass is 16.2. The van der Waals surface area contributed by atoms with Crippen molar-refractivity contribution in [2.75, 3.05) is 0 Å². The Balaban J connectivity index is 3.01. The molecule has 0 aromatic carbocycles. The van der Waals surface area contributed by atoms with Gasteiger partial charge in [-0.05, 0) is 13.3 Å². The highest BCUT2D eigenvalue weighted by Crippen LogP contribution is 2.16. The van der Waals surface area contributed by atoms with Crippen LogP contribution in [-0.2, 0) is 20.6 Å². The van der Waals surface area contributed by atoms with Crippen LogP contribution in [0.1, 0.15) is 32.1 Å². The molecule has 0 aliphatic heterocycles. The fourth-order valence-electron chi connectivity index (χ4n) is 2.26. The first-order valence-electron chi connectivity index (χ1n) is 6.31. The maximum atomic E-state index is 12.3.